The summed E-state index contributed by atoms with van der Waals surface area (Å²) in [4.78, 5) is 0. The molecule has 0 atom stereocenters. The Morgan fingerprint density at radius 2 is 1.44 bits per heavy atom. The van der Waals surface area contributed by atoms with Crippen LogP contribution in [0.5, 0.6) is 0 Å². The zero-order valence-electron chi connectivity index (χ0n) is 12.8. The molecule has 1 aromatic rings. The molecule has 0 amide bonds. The van der Waals surface area contributed by atoms with Gasteiger partial charge in [0, 0.05) is 0 Å². The van der Waals surface area contributed by atoms with Gasteiger partial charge in [-0.3, -0.25) is 0 Å². The van der Waals surface area contributed by atoms with E-state index >= 15 is 0 Å². The minimum Gasteiger partial charge on any atom is -0.0617 e. The molecule has 1 aliphatic rings. The Balaban J connectivity index is 2.63. The predicted molar refractivity (Wildman–Crippen MR) is 80.3 cm³/mol. The number of fused-ring (bicyclic) bond motifs is 1. The summed E-state index contributed by atoms with van der Waals surface area (Å²) in [5.41, 5.74) is 5.34. The number of aryl methyl sites for hydroxylation is 1. The van der Waals surface area contributed by atoms with Crippen LogP contribution in [0.25, 0.3) is 0 Å². The lowest BCUT2D eigenvalue weighted by Crippen LogP contribution is -2.26. The van der Waals surface area contributed by atoms with Crippen molar-refractivity contribution in [2.45, 2.75) is 77.6 Å². The lowest BCUT2D eigenvalue weighted by atomic mass is 9.70. The molecule has 18 heavy (non-hydrogen) atoms. The van der Waals surface area contributed by atoms with E-state index in [1.807, 2.05) is 0 Å². The standard InChI is InChI=1S/C18H28/c1-14-10-9-11-15-16(14)18(4,5)13-8-6-7-12-17(15,2)3/h9-11H,6-8,12-13H2,1-5H3. The highest BCUT2D eigenvalue weighted by Crippen LogP contribution is 2.42. The number of benzene rings is 1. The molecule has 2 rings (SSSR count). The van der Waals surface area contributed by atoms with Crippen molar-refractivity contribution in [3.05, 3.63) is 34.9 Å². The lowest BCUT2D eigenvalue weighted by Gasteiger charge is -2.35. The summed E-state index contributed by atoms with van der Waals surface area (Å²) in [6.07, 6.45) is 6.77. The minimum absolute atomic E-state index is 0.322. The molecular formula is C18H28. The van der Waals surface area contributed by atoms with Gasteiger partial charge in [-0.1, -0.05) is 65.2 Å². The maximum absolute atomic E-state index is 2.43. The van der Waals surface area contributed by atoms with Gasteiger partial charge in [-0.05, 0) is 47.3 Å². The second-order valence-electron chi connectivity index (χ2n) is 7.33. The molecule has 0 nitrogen and oxygen atoms in total. The Kier molecular flexibility index (Phi) is 3.58. The van der Waals surface area contributed by atoms with E-state index in [2.05, 4.69) is 52.8 Å². The van der Waals surface area contributed by atoms with Gasteiger partial charge in [0.25, 0.3) is 0 Å². The highest BCUT2D eigenvalue weighted by Gasteiger charge is 2.32. The van der Waals surface area contributed by atoms with E-state index in [0.717, 1.165) is 0 Å². The normalized spacial score (nSPS) is 22.5. The monoisotopic (exact) mass is 244 g/mol. The molecule has 0 spiro atoms. The third kappa shape index (κ3) is 2.48. The van der Waals surface area contributed by atoms with Gasteiger partial charge in [-0.25, -0.2) is 0 Å². The van der Waals surface area contributed by atoms with Gasteiger partial charge >= 0.3 is 0 Å². The number of hydrogen-bond donors (Lipinski definition) is 0. The molecule has 0 N–H and O–H groups in total. The smallest absolute Gasteiger partial charge is 0.00980 e. The molecule has 1 aliphatic carbocycles. The Bertz CT molecular complexity index is 424. The van der Waals surface area contributed by atoms with E-state index in [-0.39, 0.29) is 0 Å². The fourth-order valence-corrected chi connectivity index (χ4v) is 3.70. The van der Waals surface area contributed by atoms with Crippen LogP contribution in [0.4, 0.5) is 0 Å². The van der Waals surface area contributed by atoms with Crippen molar-refractivity contribution >= 4 is 0 Å². The van der Waals surface area contributed by atoms with Crippen LogP contribution >= 0.6 is 0 Å². The van der Waals surface area contributed by atoms with Gasteiger partial charge in [0.2, 0.25) is 0 Å². The molecule has 0 radical (unpaired) electrons. The fraction of sp³-hybridized carbons (Fsp3) is 0.667. The Labute approximate surface area is 113 Å². The first-order valence-electron chi connectivity index (χ1n) is 7.45. The summed E-state index contributed by atoms with van der Waals surface area (Å²) in [5, 5.41) is 0. The van der Waals surface area contributed by atoms with E-state index in [4.69, 9.17) is 0 Å². The van der Waals surface area contributed by atoms with E-state index in [0.29, 0.717) is 10.8 Å². The van der Waals surface area contributed by atoms with Crippen molar-refractivity contribution in [3.8, 4) is 0 Å². The summed E-state index contributed by atoms with van der Waals surface area (Å²) in [7, 11) is 0. The lowest BCUT2D eigenvalue weighted by molar-refractivity contribution is 0.447. The third-order valence-electron chi connectivity index (χ3n) is 4.78. The average molecular weight is 244 g/mol. The van der Waals surface area contributed by atoms with Crippen LogP contribution in [0.1, 0.15) is 76.5 Å². The van der Waals surface area contributed by atoms with Gasteiger partial charge in [0.05, 0.1) is 0 Å². The van der Waals surface area contributed by atoms with E-state index < -0.39 is 0 Å². The highest BCUT2D eigenvalue weighted by atomic mass is 14.4. The molecule has 0 saturated carbocycles. The maximum atomic E-state index is 2.43. The molecule has 1 aromatic carbocycles. The molecule has 0 unspecified atom stereocenters. The molecule has 0 saturated heterocycles. The van der Waals surface area contributed by atoms with Crippen molar-refractivity contribution in [1.29, 1.82) is 0 Å². The van der Waals surface area contributed by atoms with Crippen LogP contribution in [0, 0.1) is 6.92 Å². The van der Waals surface area contributed by atoms with Crippen molar-refractivity contribution in [1.82, 2.24) is 0 Å². The highest BCUT2D eigenvalue weighted by molar-refractivity contribution is 5.43. The van der Waals surface area contributed by atoms with Crippen LogP contribution in [0.2, 0.25) is 0 Å². The van der Waals surface area contributed by atoms with Crippen molar-refractivity contribution in [2.75, 3.05) is 0 Å². The Hall–Kier alpha value is -0.780. The third-order valence-corrected chi connectivity index (χ3v) is 4.78. The van der Waals surface area contributed by atoms with Gasteiger partial charge in [-0.2, -0.15) is 0 Å². The first kappa shape index (κ1) is 13.6. The van der Waals surface area contributed by atoms with Gasteiger partial charge in [-0.15, -0.1) is 0 Å². The first-order valence-corrected chi connectivity index (χ1v) is 7.45. The molecule has 100 valence electrons. The number of rotatable bonds is 0. The first-order chi connectivity index (χ1) is 8.34. The van der Waals surface area contributed by atoms with Crippen LogP contribution < -0.4 is 0 Å². The van der Waals surface area contributed by atoms with Gasteiger partial charge < -0.3 is 0 Å². The molecule has 0 fully saturated rings. The zero-order valence-corrected chi connectivity index (χ0v) is 12.8. The predicted octanol–water partition coefficient (Wildman–Crippen LogP) is 5.51. The van der Waals surface area contributed by atoms with Gasteiger partial charge in [0.1, 0.15) is 0 Å². The minimum atomic E-state index is 0.322. The van der Waals surface area contributed by atoms with E-state index in [1.165, 1.54) is 37.7 Å². The molecule has 0 bridgehead atoms. The maximum Gasteiger partial charge on any atom is -0.00980 e. The summed E-state index contributed by atoms with van der Waals surface area (Å²) < 4.78 is 0. The average Bonchev–Trinajstić information content (AvgIpc) is 2.30. The van der Waals surface area contributed by atoms with Crippen LogP contribution in [-0.2, 0) is 10.8 Å². The summed E-state index contributed by atoms with van der Waals surface area (Å²) >= 11 is 0. The Morgan fingerprint density at radius 1 is 0.833 bits per heavy atom. The van der Waals surface area contributed by atoms with Crippen molar-refractivity contribution < 1.29 is 0 Å². The second kappa shape index (κ2) is 4.72. The molecular weight excluding hydrogens is 216 g/mol. The number of hydrogen-bond acceptors (Lipinski definition) is 0. The zero-order chi connectivity index (χ0) is 13.4. The largest absolute Gasteiger partial charge is 0.0617 e. The molecule has 0 heteroatoms. The van der Waals surface area contributed by atoms with Crippen LogP contribution in [0.15, 0.2) is 18.2 Å². The SMILES string of the molecule is Cc1cccc2c1C(C)(C)CCCCCC2(C)C. The molecule has 0 aliphatic heterocycles. The van der Waals surface area contributed by atoms with Crippen LogP contribution in [-0.4, -0.2) is 0 Å². The van der Waals surface area contributed by atoms with Crippen LogP contribution in [0.3, 0.4) is 0 Å². The van der Waals surface area contributed by atoms with Gasteiger partial charge in [0.15, 0.2) is 0 Å². The second-order valence-corrected chi connectivity index (χ2v) is 7.33. The fourth-order valence-electron chi connectivity index (χ4n) is 3.70. The summed E-state index contributed by atoms with van der Waals surface area (Å²) in [5.74, 6) is 0. The van der Waals surface area contributed by atoms with Crippen molar-refractivity contribution in [2.24, 2.45) is 0 Å². The topological polar surface area (TPSA) is 0 Å². The summed E-state index contributed by atoms with van der Waals surface area (Å²) in [6, 6.07) is 6.90. The molecule has 0 heterocycles. The van der Waals surface area contributed by atoms with E-state index in [1.54, 1.807) is 11.1 Å². The van der Waals surface area contributed by atoms with E-state index in [9.17, 15) is 0 Å². The Morgan fingerprint density at radius 3 is 2.11 bits per heavy atom. The summed E-state index contributed by atoms with van der Waals surface area (Å²) in [6.45, 7) is 12.0. The van der Waals surface area contributed by atoms with Crippen molar-refractivity contribution in [3.63, 3.8) is 0 Å². The molecule has 0 aromatic heterocycles. The quantitative estimate of drug-likeness (QED) is 0.564.